The lowest BCUT2D eigenvalue weighted by molar-refractivity contribution is -0.146. The van der Waals surface area contributed by atoms with E-state index < -0.39 is 12.0 Å². The summed E-state index contributed by atoms with van der Waals surface area (Å²) in [4.78, 5) is 3.39. The van der Waals surface area contributed by atoms with Crippen LogP contribution in [0, 0.1) is 5.92 Å². The van der Waals surface area contributed by atoms with E-state index in [1.165, 1.54) is 0 Å². The van der Waals surface area contributed by atoms with E-state index in [0.29, 0.717) is 0 Å². The normalized spacial score (nSPS) is 27.0. The zero-order chi connectivity index (χ0) is 11.8. The molecule has 2 rings (SSSR count). The fourth-order valence-electron chi connectivity index (χ4n) is 1.86. The Morgan fingerprint density at radius 2 is 2.19 bits per heavy atom. The number of nitrogens with one attached hydrogen (secondary N) is 1. The van der Waals surface area contributed by atoms with Crippen LogP contribution in [0.15, 0.2) is 4.52 Å². The van der Waals surface area contributed by atoms with Crippen molar-refractivity contribution in [3.05, 3.63) is 11.7 Å². The molecule has 0 aromatic carbocycles. The molecule has 0 spiro atoms. The van der Waals surface area contributed by atoms with Gasteiger partial charge in [0.05, 0.1) is 6.04 Å². The minimum Gasteiger partial charge on any atom is -0.337 e. The zero-order valence-corrected chi connectivity index (χ0v) is 8.71. The molecule has 0 saturated carbocycles. The van der Waals surface area contributed by atoms with Gasteiger partial charge in [-0.1, -0.05) is 12.1 Å². The Balaban J connectivity index is 2.18. The molecular formula is C9H12F3N3O. The van der Waals surface area contributed by atoms with Crippen LogP contribution in [-0.2, 0) is 6.18 Å². The summed E-state index contributed by atoms with van der Waals surface area (Å²) in [5.74, 6) is -0.975. The van der Waals surface area contributed by atoms with Gasteiger partial charge in [0.1, 0.15) is 0 Å². The van der Waals surface area contributed by atoms with Crippen molar-refractivity contribution in [3.63, 3.8) is 0 Å². The third kappa shape index (κ3) is 2.18. The highest BCUT2D eigenvalue weighted by atomic mass is 19.4. The quantitative estimate of drug-likeness (QED) is 0.810. The van der Waals surface area contributed by atoms with E-state index in [0.717, 1.165) is 19.4 Å². The summed E-state index contributed by atoms with van der Waals surface area (Å²) in [6.07, 6.45) is -2.58. The fourth-order valence-corrected chi connectivity index (χ4v) is 1.86. The molecule has 1 N–H and O–H groups in total. The molecule has 2 atom stereocenters. The van der Waals surface area contributed by atoms with Crippen LogP contribution in [0.5, 0.6) is 0 Å². The minimum atomic E-state index is -4.54. The van der Waals surface area contributed by atoms with E-state index in [9.17, 15) is 13.2 Å². The maximum atomic E-state index is 12.3. The molecule has 1 aromatic rings. The van der Waals surface area contributed by atoms with Crippen molar-refractivity contribution in [2.24, 2.45) is 5.92 Å². The summed E-state index contributed by atoms with van der Waals surface area (Å²) < 4.78 is 41.4. The van der Waals surface area contributed by atoms with Crippen LogP contribution in [0.1, 0.15) is 37.5 Å². The van der Waals surface area contributed by atoms with Crippen LogP contribution in [0.3, 0.4) is 0 Å². The maximum absolute atomic E-state index is 12.3. The molecule has 1 fully saturated rings. The molecule has 7 heteroatoms. The van der Waals surface area contributed by atoms with Crippen molar-refractivity contribution < 1.29 is 17.7 Å². The molecule has 0 amide bonds. The number of alkyl halides is 3. The van der Waals surface area contributed by atoms with E-state index in [2.05, 4.69) is 20.0 Å². The molecule has 0 aliphatic carbocycles. The van der Waals surface area contributed by atoms with E-state index in [1.807, 2.05) is 6.92 Å². The number of rotatable bonds is 1. The second-order valence-electron chi connectivity index (χ2n) is 4.01. The summed E-state index contributed by atoms with van der Waals surface area (Å²) in [5.41, 5.74) is 0. The van der Waals surface area contributed by atoms with Crippen LogP contribution in [0.4, 0.5) is 13.2 Å². The second kappa shape index (κ2) is 4.04. The molecule has 16 heavy (non-hydrogen) atoms. The number of hydrogen-bond acceptors (Lipinski definition) is 4. The largest absolute Gasteiger partial charge is 0.455 e. The lowest BCUT2D eigenvalue weighted by Crippen LogP contribution is -2.33. The first-order chi connectivity index (χ1) is 7.48. The first-order valence-electron chi connectivity index (χ1n) is 5.12. The van der Waals surface area contributed by atoms with Gasteiger partial charge in [-0.3, -0.25) is 0 Å². The Bertz CT molecular complexity index is 363. The van der Waals surface area contributed by atoms with E-state index in [-0.39, 0.29) is 17.9 Å². The summed E-state index contributed by atoms with van der Waals surface area (Å²) in [6.45, 7) is 2.72. The number of nitrogens with zero attached hydrogens (tertiary/aromatic N) is 2. The van der Waals surface area contributed by atoms with Gasteiger partial charge in [0, 0.05) is 0 Å². The van der Waals surface area contributed by atoms with Gasteiger partial charge in [0.2, 0.25) is 5.89 Å². The van der Waals surface area contributed by atoms with Gasteiger partial charge in [-0.25, -0.2) is 0 Å². The lowest BCUT2D eigenvalue weighted by atomic mass is 9.93. The first-order valence-corrected chi connectivity index (χ1v) is 5.12. The van der Waals surface area contributed by atoms with Gasteiger partial charge in [-0.15, -0.1) is 0 Å². The van der Waals surface area contributed by atoms with Crippen LogP contribution in [0.25, 0.3) is 0 Å². The Morgan fingerprint density at radius 1 is 1.44 bits per heavy atom. The van der Waals surface area contributed by atoms with Gasteiger partial charge >= 0.3 is 6.18 Å². The van der Waals surface area contributed by atoms with Gasteiger partial charge in [0.25, 0.3) is 5.82 Å². The monoisotopic (exact) mass is 235 g/mol. The van der Waals surface area contributed by atoms with Crippen LogP contribution < -0.4 is 5.32 Å². The zero-order valence-electron chi connectivity index (χ0n) is 8.71. The molecule has 0 radical (unpaired) electrons. The Kier molecular flexibility index (Phi) is 2.88. The van der Waals surface area contributed by atoms with Gasteiger partial charge in [-0.2, -0.15) is 18.2 Å². The molecule has 4 nitrogen and oxygen atoms in total. The number of piperidine rings is 1. The molecule has 1 saturated heterocycles. The highest BCUT2D eigenvalue weighted by Crippen LogP contribution is 2.31. The van der Waals surface area contributed by atoms with Gasteiger partial charge in [0.15, 0.2) is 0 Å². The number of halogens is 3. The minimum absolute atomic E-state index is 0.0273. The third-order valence-electron chi connectivity index (χ3n) is 2.73. The standard InChI is InChI=1S/C9H12F3N3O/c1-5-3-2-4-13-6(5)7-14-8(15-16-7)9(10,11)12/h5-6,13H,2-4H2,1H3. The van der Waals surface area contributed by atoms with Crippen LogP contribution >= 0.6 is 0 Å². The van der Waals surface area contributed by atoms with Crippen molar-refractivity contribution in [1.29, 1.82) is 0 Å². The highest BCUT2D eigenvalue weighted by molar-refractivity contribution is 4.98. The molecule has 2 unspecified atom stereocenters. The third-order valence-corrected chi connectivity index (χ3v) is 2.73. The van der Waals surface area contributed by atoms with Crippen molar-refractivity contribution >= 4 is 0 Å². The summed E-state index contributed by atoms with van der Waals surface area (Å²) in [5, 5.41) is 6.03. The predicted molar refractivity (Wildman–Crippen MR) is 48.4 cm³/mol. The molecule has 90 valence electrons. The number of hydrogen-bond donors (Lipinski definition) is 1. The van der Waals surface area contributed by atoms with Crippen molar-refractivity contribution in [2.75, 3.05) is 6.54 Å². The first kappa shape index (κ1) is 11.4. The Labute approximate surface area is 90.2 Å². The molecule has 1 aliphatic heterocycles. The predicted octanol–water partition coefficient (Wildman–Crippen LogP) is 2.15. The molecule has 2 heterocycles. The maximum Gasteiger partial charge on any atom is 0.455 e. The summed E-state index contributed by atoms with van der Waals surface area (Å²) in [7, 11) is 0. The van der Waals surface area contributed by atoms with E-state index >= 15 is 0 Å². The average Bonchev–Trinajstić information content (AvgIpc) is 2.66. The SMILES string of the molecule is CC1CCCNC1c1nc(C(F)(F)F)no1. The number of aromatic nitrogens is 2. The topological polar surface area (TPSA) is 51.0 Å². The molecular weight excluding hydrogens is 223 g/mol. The van der Waals surface area contributed by atoms with Crippen molar-refractivity contribution in [2.45, 2.75) is 32.0 Å². The Morgan fingerprint density at radius 3 is 2.75 bits per heavy atom. The van der Waals surface area contributed by atoms with Gasteiger partial charge in [-0.05, 0) is 25.3 Å². The van der Waals surface area contributed by atoms with Crippen molar-refractivity contribution in [1.82, 2.24) is 15.5 Å². The van der Waals surface area contributed by atoms with Crippen LogP contribution in [0.2, 0.25) is 0 Å². The smallest absolute Gasteiger partial charge is 0.337 e. The summed E-state index contributed by atoms with van der Waals surface area (Å²) >= 11 is 0. The lowest BCUT2D eigenvalue weighted by Gasteiger charge is -2.26. The molecule has 1 aliphatic rings. The Hall–Kier alpha value is -1.11. The second-order valence-corrected chi connectivity index (χ2v) is 4.01. The molecule has 0 bridgehead atoms. The average molecular weight is 235 g/mol. The fraction of sp³-hybridized carbons (Fsp3) is 0.778. The summed E-state index contributed by atoms with van der Waals surface area (Å²) in [6, 6.07) is -0.266. The van der Waals surface area contributed by atoms with E-state index in [1.54, 1.807) is 0 Å². The molecule has 1 aromatic heterocycles. The van der Waals surface area contributed by atoms with E-state index in [4.69, 9.17) is 0 Å². The highest BCUT2D eigenvalue weighted by Gasteiger charge is 2.39. The van der Waals surface area contributed by atoms with Crippen LogP contribution in [-0.4, -0.2) is 16.7 Å². The van der Waals surface area contributed by atoms with Gasteiger partial charge < -0.3 is 9.84 Å². The van der Waals surface area contributed by atoms with Crippen molar-refractivity contribution in [3.8, 4) is 0 Å².